The van der Waals surface area contributed by atoms with Crippen molar-refractivity contribution < 1.29 is 9.47 Å². The number of rotatable bonds is 10. The van der Waals surface area contributed by atoms with Crippen LogP contribution in [0.3, 0.4) is 0 Å². The van der Waals surface area contributed by atoms with Crippen LogP contribution >= 0.6 is 39.1 Å². The zero-order valence-electron chi connectivity index (χ0n) is 15.8. The number of likely N-dealkylation sites (N-methyl/N-ethyl adjacent to an activating group) is 1. The van der Waals surface area contributed by atoms with Gasteiger partial charge in [0.15, 0.2) is 11.5 Å². The van der Waals surface area contributed by atoms with Gasteiger partial charge < -0.3 is 19.7 Å². The van der Waals surface area contributed by atoms with Gasteiger partial charge in [0, 0.05) is 39.7 Å². The van der Waals surface area contributed by atoms with Crippen molar-refractivity contribution in [1.82, 2.24) is 10.2 Å². The summed E-state index contributed by atoms with van der Waals surface area (Å²) in [5.41, 5.74) is 1.99. The molecule has 0 saturated heterocycles. The normalized spacial score (nSPS) is 11.1. The van der Waals surface area contributed by atoms with E-state index in [1.54, 1.807) is 12.1 Å². The molecule has 0 atom stereocenters. The quantitative estimate of drug-likeness (QED) is 0.467. The van der Waals surface area contributed by atoms with Crippen LogP contribution in [-0.4, -0.2) is 38.7 Å². The van der Waals surface area contributed by atoms with Crippen LogP contribution in [-0.2, 0) is 13.2 Å². The maximum Gasteiger partial charge on any atom is 0.162 e. The summed E-state index contributed by atoms with van der Waals surface area (Å²) in [5.74, 6) is 1.39. The number of benzene rings is 2. The fraction of sp³-hybridized carbons (Fsp3) is 0.400. The fourth-order valence-corrected chi connectivity index (χ4v) is 3.34. The summed E-state index contributed by atoms with van der Waals surface area (Å²) < 4.78 is 12.7. The van der Waals surface area contributed by atoms with E-state index in [4.69, 9.17) is 32.7 Å². The first kappa shape index (κ1) is 22.3. The van der Waals surface area contributed by atoms with Crippen molar-refractivity contribution in [3.8, 4) is 11.5 Å². The molecule has 0 aromatic heterocycles. The van der Waals surface area contributed by atoms with E-state index >= 15 is 0 Å². The van der Waals surface area contributed by atoms with E-state index in [1.165, 1.54) is 0 Å². The Labute approximate surface area is 179 Å². The van der Waals surface area contributed by atoms with E-state index in [0.717, 1.165) is 41.0 Å². The Hall–Kier alpha value is -0.980. The molecule has 7 heteroatoms. The summed E-state index contributed by atoms with van der Waals surface area (Å²) in [5, 5.41) is 4.62. The second-order valence-electron chi connectivity index (χ2n) is 6.33. The SMILES string of the molecule is CCOc1cc(CNCCN(C)C)c(Br)cc1OCc1ccc(Cl)cc1Cl. The smallest absolute Gasteiger partial charge is 0.162 e. The molecule has 148 valence electrons. The van der Waals surface area contributed by atoms with Crippen LogP contribution in [0.4, 0.5) is 0 Å². The van der Waals surface area contributed by atoms with Gasteiger partial charge in [-0.3, -0.25) is 0 Å². The third kappa shape index (κ3) is 7.16. The first-order valence-electron chi connectivity index (χ1n) is 8.78. The first-order chi connectivity index (χ1) is 12.9. The van der Waals surface area contributed by atoms with E-state index in [1.807, 2.05) is 25.1 Å². The molecule has 0 aliphatic heterocycles. The maximum absolute atomic E-state index is 6.23. The van der Waals surface area contributed by atoms with Gasteiger partial charge in [0.2, 0.25) is 0 Å². The molecule has 0 aliphatic carbocycles. The molecule has 0 radical (unpaired) electrons. The molecule has 2 aromatic carbocycles. The highest BCUT2D eigenvalue weighted by Gasteiger charge is 2.12. The molecule has 0 amide bonds. The van der Waals surface area contributed by atoms with Gasteiger partial charge in [-0.05, 0) is 50.8 Å². The minimum Gasteiger partial charge on any atom is -0.490 e. The standard InChI is InChI=1S/C20H25BrCl2N2O2/c1-4-26-19-9-15(12-24-7-8-25(2)3)17(21)11-20(19)27-13-14-5-6-16(22)10-18(14)23/h5-6,9-11,24H,4,7-8,12-13H2,1-3H3. The van der Waals surface area contributed by atoms with Crippen molar-refractivity contribution in [2.45, 2.75) is 20.1 Å². The minimum absolute atomic E-state index is 0.336. The molecule has 0 heterocycles. The van der Waals surface area contributed by atoms with E-state index in [0.29, 0.717) is 29.0 Å². The van der Waals surface area contributed by atoms with Crippen molar-refractivity contribution in [2.24, 2.45) is 0 Å². The summed E-state index contributed by atoms with van der Waals surface area (Å²) in [4.78, 5) is 2.15. The molecule has 2 rings (SSSR count). The highest BCUT2D eigenvalue weighted by molar-refractivity contribution is 9.10. The lowest BCUT2D eigenvalue weighted by atomic mass is 10.2. The Bertz CT molecular complexity index is 757. The lowest BCUT2D eigenvalue weighted by Crippen LogP contribution is -2.26. The molecule has 4 nitrogen and oxygen atoms in total. The second-order valence-corrected chi connectivity index (χ2v) is 8.03. The molecule has 0 fully saturated rings. The van der Waals surface area contributed by atoms with Crippen molar-refractivity contribution >= 4 is 39.1 Å². The summed E-state index contributed by atoms with van der Waals surface area (Å²) in [7, 11) is 4.12. The number of nitrogens with one attached hydrogen (secondary N) is 1. The third-order valence-corrected chi connectivity index (χ3v) is 5.19. The number of halogens is 3. The monoisotopic (exact) mass is 474 g/mol. The maximum atomic E-state index is 6.23. The Kier molecular flexibility index (Phi) is 9.19. The Morgan fingerprint density at radius 2 is 1.78 bits per heavy atom. The lowest BCUT2D eigenvalue weighted by Gasteiger charge is -2.16. The zero-order valence-corrected chi connectivity index (χ0v) is 18.9. The number of nitrogens with zero attached hydrogens (tertiary/aromatic N) is 1. The molecule has 27 heavy (non-hydrogen) atoms. The van der Waals surface area contributed by atoms with E-state index in [-0.39, 0.29) is 0 Å². The van der Waals surface area contributed by atoms with Crippen molar-refractivity contribution in [3.63, 3.8) is 0 Å². The van der Waals surface area contributed by atoms with Crippen LogP contribution in [0.15, 0.2) is 34.8 Å². The molecule has 0 spiro atoms. The molecule has 1 N–H and O–H groups in total. The molecule has 0 aliphatic rings. The Balaban J connectivity index is 2.09. The Morgan fingerprint density at radius 1 is 1.04 bits per heavy atom. The fourth-order valence-electron chi connectivity index (χ4n) is 2.41. The molecular formula is C20H25BrCl2N2O2. The minimum atomic E-state index is 0.336. The van der Waals surface area contributed by atoms with Gasteiger partial charge in [0.25, 0.3) is 0 Å². The van der Waals surface area contributed by atoms with Crippen molar-refractivity contribution in [2.75, 3.05) is 33.8 Å². The predicted octanol–water partition coefficient (Wildman–Crippen LogP) is 5.38. The Morgan fingerprint density at radius 3 is 2.44 bits per heavy atom. The molecule has 2 aromatic rings. The van der Waals surface area contributed by atoms with Gasteiger partial charge in [-0.15, -0.1) is 0 Å². The first-order valence-corrected chi connectivity index (χ1v) is 10.3. The molecule has 0 unspecified atom stereocenters. The topological polar surface area (TPSA) is 33.7 Å². The van der Waals surface area contributed by atoms with Crippen LogP contribution in [0.1, 0.15) is 18.1 Å². The molecule has 0 saturated carbocycles. The van der Waals surface area contributed by atoms with E-state index < -0.39 is 0 Å². The van der Waals surface area contributed by atoms with Gasteiger partial charge >= 0.3 is 0 Å². The van der Waals surface area contributed by atoms with Crippen LogP contribution in [0, 0.1) is 0 Å². The summed E-state index contributed by atoms with van der Waals surface area (Å²) in [6.45, 7) is 5.50. The van der Waals surface area contributed by atoms with Crippen molar-refractivity contribution in [3.05, 3.63) is 56.0 Å². The highest BCUT2D eigenvalue weighted by Crippen LogP contribution is 2.35. The van der Waals surface area contributed by atoms with Gasteiger partial charge in [-0.2, -0.15) is 0 Å². The average Bonchev–Trinajstić information content (AvgIpc) is 2.60. The largest absolute Gasteiger partial charge is 0.490 e. The van der Waals surface area contributed by atoms with Crippen LogP contribution < -0.4 is 14.8 Å². The highest BCUT2D eigenvalue weighted by atomic mass is 79.9. The lowest BCUT2D eigenvalue weighted by molar-refractivity contribution is 0.269. The van der Waals surface area contributed by atoms with Gasteiger partial charge in [0.1, 0.15) is 6.61 Å². The van der Waals surface area contributed by atoms with E-state index in [9.17, 15) is 0 Å². The number of hydrogen-bond acceptors (Lipinski definition) is 4. The summed E-state index contributed by atoms with van der Waals surface area (Å²) >= 11 is 15.8. The van der Waals surface area contributed by atoms with Gasteiger partial charge in [-0.1, -0.05) is 45.2 Å². The summed E-state index contributed by atoms with van der Waals surface area (Å²) in [6.07, 6.45) is 0. The average molecular weight is 476 g/mol. The molecule has 0 bridgehead atoms. The predicted molar refractivity (Wildman–Crippen MR) is 116 cm³/mol. The van der Waals surface area contributed by atoms with Crippen LogP contribution in [0.25, 0.3) is 0 Å². The van der Waals surface area contributed by atoms with Gasteiger partial charge in [-0.25, -0.2) is 0 Å². The van der Waals surface area contributed by atoms with Crippen LogP contribution in [0.2, 0.25) is 10.0 Å². The van der Waals surface area contributed by atoms with Crippen molar-refractivity contribution in [1.29, 1.82) is 0 Å². The van der Waals surface area contributed by atoms with E-state index in [2.05, 4.69) is 40.2 Å². The van der Waals surface area contributed by atoms with Gasteiger partial charge in [0.05, 0.1) is 6.61 Å². The number of hydrogen-bond donors (Lipinski definition) is 1. The second kappa shape index (κ2) is 11.1. The molecular weight excluding hydrogens is 451 g/mol. The zero-order chi connectivity index (χ0) is 19.8. The third-order valence-electron chi connectivity index (χ3n) is 3.86. The number of ether oxygens (including phenoxy) is 2. The van der Waals surface area contributed by atoms with Crippen LogP contribution in [0.5, 0.6) is 11.5 Å². The summed E-state index contributed by atoms with van der Waals surface area (Å²) in [6, 6.07) is 9.33.